The fraction of sp³-hybridized carbons (Fsp3) is 0.706. The van der Waals surface area contributed by atoms with Gasteiger partial charge in [0, 0.05) is 18.3 Å². The van der Waals surface area contributed by atoms with Gasteiger partial charge in [-0.3, -0.25) is 4.98 Å². The Bertz CT molecular complexity index is 395. The zero-order valence-corrected chi connectivity index (χ0v) is 12.5. The summed E-state index contributed by atoms with van der Waals surface area (Å²) in [6.07, 6.45) is 7.84. The molecule has 0 aliphatic heterocycles. The molecule has 0 bridgehead atoms. The Kier molecular flexibility index (Phi) is 4.29. The molecule has 1 aliphatic carbocycles. The topological polar surface area (TPSA) is 33.1 Å². The first-order chi connectivity index (χ1) is 8.89. The van der Waals surface area contributed by atoms with Crippen LogP contribution < -0.4 is 0 Å². The standard InChI is InChI=1S/C17H27NO/c1-16(2,3)14-7-6-10-17(19,11-9-14)13-15-8-4-5-12-18-15/h4-5,8,12,14,19H,6-7,9-11,13H2,1-3H3. The van der Waals surface area contributed by atoms with E-state index < -0.39 is 5.60 Å². The second-order valence-corrected chi connectivity index (χ2v) is 7.22. The van der Waals surface area contributed by atoms with Crippen molar-refractivity contribution in [3.05, 3.63) is 30.1 Å². The van der Waals surface area contributed by atoms with E-state index in [0.29, 0.717) is 11.8 Å². The molecular formula is C17H27NO. The fourth-order valence-corrected chi connectivity index (χ4v) is 3.27. The predicted molar refractivity (Wildman–Crippen MR) is 78.9 cm³/mol. The van der Waals surface area contributed by atoms with Crippen LogP contribution in [0.5, 0.6) is 0 Å². The van der Waals surface area contributed by atoms with E-state index in [1.54, 1.807) is 0 Å². The Morgan fingerprint density at radius 1 is 1.26 bits per heavy atom. The van der Waals surface area contributed by atoms with E-state index in [4.69, 9.17) is 0 Å². The molecule has 1 aromatic rings. The maximum absolute atomic E-state index is 10.8. The molecule has 1 aromatic heterocycles. The quantitative estimate of drug-likeness (QED) is 0.817. The van der Waals surface area contributed by atoms with Gasteiger partial charge < -0.3 is 5.11 Å². The molecule has 106 valence electrons. The van der Waals surface area contributed by atoms with Crippen molar-refractivity contribution in [2.45, 2.75) is 64.9 Å². The molecule has 2 rings (SSSR count). The first-order valence-corrected chi connectivity index (χ1v) is 7.51. The second kappa shape index (κ2) is 5.62. The molecule has 2 heteroatoms. The van der Waals surface area contributed by atoms with Crippen LogP contribution in [-0.4, -0.2) is 15.7 Å². The van der Waals surface area contributed by atoms with Crippen molar-refractivity contribution in [2.75, 3.05) is 0 Å². The van der Waals surface area contributed by atoms with E-state index in [2.05, 4.69) is 25.8 Å². The molecule has 19 heavy (non-hydrogen) atoms. The predicted octanol–water partition coefficient (Wildman–Crippen LogP) is 3.98. The Labute approximate surface area is 117 Å². The van der Waals surface area contributed by atoms with Crippen molar-refractivity contribution in [1.82, 2.24) is 4.98 Å². The lowest BCUT2D eigenvalue weighted by Crippen LogP contribution is -2.31. The maximum Gasteiger partial charge on any atom is 0.0703 e. The Morgan fingerprint density at radius 3 is 2.68 bits per heavy atom. The molecule has 1 aliphatic rings. The summed E-state index contributed by atoms with van der Waals surface area (Å²) in [7, 11) is 0. The lowest BCUT2D eigenvalue weighted by atomic mass is 9.76. The van der Waals surface area contributed by atoms with E-state index >= 15 is 0 Å². The number of aliphatic hydroxyl groups is 1. The van der Waals surface area contributed by atoms with E-state index in [9.17, 15) is 5.11 Å². The van der Waals surface area contributed by atoms with Crippen molar-refractivity contribution in [3.8, 4) is 0 Å². The van der Waals surface area contributed by atoms with Crippen LogP contribution in [0.15, 0.2) is 24.4 Å². The van der Waals surface area contributed by atoms with Crippen LogP contribution >= 0.6 is 0 Å². The normalized spacial score (nSPS) is 28.9. The summed E-state index contributed by atoms with van der Waals surface area (Å²) >= 11 is 0. The third kappa shape index (κ3) is 4.04. The molecule has 2 nitrogen and oxygen atoms in total. The first-order valence-electron chi connectivity index (χ1n) is 7.51. The SMILES string of the molecule is CC(C)(C)C1CCCC(O)(Cc2ccccn2)CC1. The zero-order chi connectivity index (χ0) is 13.9. The Hall–Kier alpha value is -0.890. The van der Waals surface area contributed by atoms with Gasteiger partial charge in [0.2, 0.25) is 0 Å². The average molecular weight is 261 g/mol. The van der Waals surface area contributed by atoms with Crippen molar-refractivity contribution in [2.24, 2.45) is 11.3 Å². The van der Waals surface area contributed by atoms with Gasteiger partial charge in [0.15, 0.2) is 0 Å². The van der Waals surface area contributed by atoms with Crippen molar-refractivity contribution < 1.29 is 5.11 Å². The molecule has 0 radical (unpaired) electrons. The van der Waals surface area contributed by atoms with Gasteiger partial charge >= 0.3 is 0 Å². The van der Waals surface area contributed by atoms with Gasteiger partial charge in [-0.25, -0.2) is 0 Å². The van der Waals surface area contributed by atoms with Crippen LogP contribution in [0.2, 0.25) is 0 Å². The molecule has 1 N–H and O–H groups in total. The number of hydrogen-bond acceptors (Lipinski definition) is 2. The number of aromatic nitrogens is 1. The lowest BCUT2D eigenvalue weighted by molar-refractivity contribution is 0.0217. The highest BCUT2D eigenvalue weighted by atomic mass is 16.3. The van der Waals surface area contributed by atoms with Crippen molar-refractivity contribution >= 4 is 0 Å². The van der Waals surface area contributed by atoms with Crippen molar-refractivity contribution in [1.29, 1.82) is 0 Å². The van der Waals surface area contributed by atoms with Gasteiger partial charge in [0.25, 0.3) is 0 Å². The van der Waals surface area contributed by atoms with Gasteiger partial charge in [0.05, 0.1) is 5.60 Å². The summed E-state index contributed by atoms with van der Waals surface area (Å²) in [6.45, 7) is 6.96. The highest BCUT2D eigenvalue weighted by Gasteiger charge is 2.34. The summed E-state index contributed by atoms with van der Waals surface area (Å²) in [4.78, 5) is 4.36. The van der Waals surface area contributed by atoms with Crippen LogP contribution in [0.25, 0.3) is 0 Å². The second-order valence-electron chi connectivity index (χ2n) is 7.22. The number of nitrogens with zero attached hydrogens (tertiary/aromatic N) is 1. The maximum atomic E-state index is 10.8. The lowest BCUT2D eigenvalue weighted by Gasteiger charge is -2.31. The van der Waals surface area contributed by atoms with E-state index in [1.807, 2.05) is 24.4 Å². The average Bonchev–Trinajstić information content (AvgIpc) is 2.52. The molecule has 0 aromatic carbocycles. The smallest absolute Gasteiger partial charge is 0.0703 e. The molecule has 2 unspecified atom stereocenters. The Balaban J connectivity index is 2.01. The zero-order valence-electron chi connectivity index (χ0n) is 12.5. The van der Waals surface area contributed by atoms with Gasteiger partial charge in [-0.05, 0) is 49.1 Å². The van der Waals surface area contributed by atoms with Crippen LogP contribution in [0.3, 0.4) is 0 Å². The summed E-state index contributed by atoms with van der Waals surface area (Å²) in [5.41, 5.74) is 0.823. The molecule has 1 heterocycles. The number of pyridine rings is 1. The number of rotatable bonds is 2. The van der Waals surface area contributed by atoms with Gasteiger partial charge in [-0.1, -0.05) is 33.3 Å². The van der Waals surface area contributed by atoms with Gasteiger partial charge in [-0.15, -0.1) is 0 Å². The van der Waals surface area contributed by atoms with E-state index in [0.717, 1.165) is 37.3 Å². The van der Waals surface area contributed by atoms with E-state index in [-0.39, 0.29) is 0 Å². The third-order valence-corrected chi connectivity index (χ3v) is 4.61. The van der Waals surface area contributed by atoms with Crippen LogP contribution in [0.4, 0.5) is 0 Å². The van der Waals surface area contributed by atoms with Gasteiger partial charge in [-0.2, -0.15) is 0 Å². The third-order valence-electron chi connectivity index (χ3n) is 4.61. The van der Waals surface area contributed by atoms with E-state index in [1.165, 1.54) is 6.42 Å². The minimum atomic E-state index is -0.547. The molecule has 1 fully saturated rings. The van der Waals surface area contributed by atoms with Crippen molar-refractivity contribution in [3.63, 3.8) is 0 Å². The summed E-state index contributed by atoms with van der Waals surface area (Å²) < 4.78 is 0. The monoisotopic (exact) mass is 261 g/mol. The van der Waals surface area contributed by atoms with Gasteiger partial charge in [0.1, 0.15) is 0 Å². The molecule has 0 spiro atoms. The molecular weight excluding hydrogens is 234 g/mol. The molecule has 0 amide bonds. The highest BCUT2D eigenvalue weighted by Crippen LogP contribution is 2.40. The minimum Gasteiger partial charge on any atom is -0.389 e. The van der Waals surface area contributed by atoms with Crippen LogP contribution in [-0.2, 0) is 6.42 Å². The molecule has 0 saturated heterocycles. The van der Waals surface area contributed by atoms with Crippen LogP contribution in [0.1, 0.15) is 58.6 Å². The summed E-state index contributed by atoms with van der Waals surface area (Å²) in [5.74, 6) is 0.727. The first kappa shape index (κ1) is 14.5. The largest absolute Gasteiger partial charge is 0.389 e. The number of hydrogen-bond donors (Lipinski definition) is 1. The minimum absolute atomic E-state index is 0.357. The molecule has 1 saturated carbocycles. The summed E-state index contributed by atoms with van der Waals surface area (Å²) in [6, 6.07) is 5.95. The Morgan fingerprint density at radius 2 is 2.05 bits per heavy atom. The molecule has 2 atom stereocenters. The highest BCUT2D eigenvalue weighted by molar-refractivity contribution is 5.07. The summed E-state index contributed by atoms with van der Waals surface area (Å²) in [5, 5.41) is 10.8. The van der Waals surface area contributed by atoms with Crippen LogP contribution in [0, 0.1) is 11.3 Å². The fourth-order valence-electron chi connectivity index (χ4n) is 3.27.